The molecular formula is C28H29ClN2O5P+. The Morgan fingerprint density at radius 2 is 1.84 bits per heavy atom. The van der Waals surface area contributed by atoms with Crippen LogP contribution in [0.25, 0.3) is 0 Å². The van der Waals surface area contributed by atoms with E-state index in [1.807, 2.05) is 32.0 Å². The molecule has 0 radical (unpaired) electrons. The number of amides is 2. The Bertz CT molecular complexity index is 1350. The third-order valence-electron chi connectivity index (χ3n) is 6.27. The lowest BCUT2D eigenvalue weighted by molar-refractivity contribution is 0.0985. The number of aryl methyl sites for hydroxylation is 2. The molecule has 0 aromatic heterocycles. The van der Waals surface area contributed by atoms with Crippen molar-refractivity contribution in [3.63, 3.8) is 0 Å². The maximum Gasteiger partial charge on any atom is 0.698 e. The van der Waals surface area contributed by atoms with Crippen molar-refractivity contribution in [2.24, 2.45) is 0 Å². The van der Waals surface area contributed by atoms with Gasteiger partial charge in [0.05, 0.1) is 5.69 Å². The van der Waals surface area contributed by atoms with Crippen LogP contribution in [0.15, 0.2) is 60.7 Å². The number of carbonyl (C=O) groups excluding carboxylic acids is 2. The van der Waals surface area contributed by atoms with E-state index in [0.29, 0.717) is 52.5 Å². The van der Waals surface area contributed by atoms with Crippen molar-refractivity contribution in [2.75, 3.05) is 23.4 Å². The van der Waals surface area contributed by atoms with Crippen LogP contribution in [0.2, 0.25) is 5.02 Å². The number of anilines is 2. The second-order valence-corrected chi connectivity index (χ2v) is 10.2. The molecule has 1 N–H and O–H groups in total. The van der Waals surface area contributed by atoms with Crippen LogP contribution in [-0.4, -0.2) is 25.0 Å². The number of halogens is 1. The van der Waals surface area contributed by atoms with Gasteiger partial charge in [-0.2, -0.15) is 0 Å². The topological polar surface area (TPSA) is 84.9 Å². The van der Waals surface area contributed by atoms with Crippen LogP contribution >= 0.6 is 19.9 Å². The number of carbonyl (C=O) groups is 2. The Hall–Kier alpha value is -3.09. The number of rotatable bonds is 7. The van der Waals surface area contributed by atoms with Gasteiger partial charge in [0, 0.05) is 38.5 Å². The van der Waals surface area contributed by atoms with Crippen molar-refractivity contribution in [1.82, 2.24) is 0 Å². The fraction of sp³-hybridized carbons (Fsp3) is 0.286. The van der Waals surface area contributed by atoms with Gasteiger partial charge in [0.25, 0.3) is 11.8 Å². The molecule has 7 nitrogen and oxygen atoms in total. The van der Waals surface area contributed by atoms with Crippen LogP contribution in [0.1, 0.15) is 63.3 Å². The Morgan fingerprint density at radius 1 is 1.05 bits per heavy atom. The highest BCUT2D eigenvalue weighted by atomic mass is 35.5. The van der Waals surface area contributed by atoms with Crippen LogP contribution in [0.4, 0.5) is 11.4 Å². The maximum absolute atomic E-state index is 13.7. The lowest BCUT2D eigenvalue weighted by atomic mass is 10.0. The van der Waals surface area contributed by atoms with E-state index in [-0.39, 0.29) is 18.4 Å². The predicted molar refractivity (Wildman–Crippen MR) is 146 cm³/mol. The second-order valence-electron chi connectivity index (χ2n) is 8.84. The minimum Gasteiger partial charge on any atom is -0.322 e. The fourth-order valence-electron chi connectivity index (χ4n) is 4.45. The first-order valence-electron chi connectivity index (χ1n) is 12.1. The molecule has 2 unspecified atom stereocenters. The van der Waals surface area contributed by atoms with E-state index < -0.39 is 14.4 Å². The number of fused-ring (bicyclic) bond motifs is 1. The SMILES string of the molecule is CCO[P+](=O)OC1CCCN(C(=O)c2ccc(NC(=O)c3ccccc3C)cc2C)c2ccc(Cl)cc21. The summed E-state index contributed by atoms with van der Waals surface area (Å²) in [4.78, 5) is 28.2. The molecule has 1 aliphatic rings. The molecule has 37 heavy (non-hydrogen) atoms. The quantitative estimate of drug-likeness (QED) is 0.316. The number of nitrogens with one attached hydrogen (secondary N) is 1. The molecule has 0 bridgehead atoms. The molecule has 2 atom stereocenters. The molecule has 2 amide bonds. The van der Waals surface area contributed by atoms with E-state index in [2.05, 4.69) is 5.32 Å². The van der Waals surface area contributed by atoms with Gasteiger partial charge in [-0.25, -0.2) is 0 Å². The predicted octanol–water partition coefficient (Wildman–Crippen LogP) is 7.40. The lowest BCUT2D eigenvalue weighted by Crippen LogP contribution is -2.32. The Labute approximate surface area is 222 Å². The molecule has 0 fully saturated rings. The normalized spacial score (nSPS) is 15.5. The van der Waals surface area contributed by atoms with Crippen LogP contribution in [0.5, 0.6) is 0 Å². The monoisotopic (exact) mass is 539 g/mol. The van der Waals surface area contributed by atoms with Gasteiger partial charge in [0.15, 0.2) is 0 Å². The highest BCUT2D eigenvalue weighted by Crippen LogP contribution is 2.43. The summed E-state index contributed by atoms with van der Waals surface area (Å²) >= 11 is 6.28. The summed E-state index contributed by atoms with van der Waals surface area (Å²) in [6.45, 7) is 6.21. The Balaban J connectivity index is 1.59. The summed E-state index contributed by atoms with van der Waals surface area (Å²) < 4.78 is 23.0. The summed E-state index contributed by atoms with van der Waals surface area (Å²) in [5.74, 6) is -0.376. The molecule has 3 aromatic carbocycles. The maximum atomic E-state index is 13.7. The Morgan fingerprint density at radius 3 is 2.57 bits per heavy atom. The molecule has 1 aliphatic heterocycles. The average Bonchev–Trinajstić information content (AvgIpc) is 3.03. The molecule has 9 heteroatoms. The zero-order valence-electron chi connectivity index (χ0n) is 21.0. The molecular weight excluding hydrogens is 511 g/mol. The molecule has 1 heterocycles. The van der Waals surface area contributed by atoms with Crippen LogP contribution in [-0.2, 0) is 13.6 Å². The zero-order chi connectivity index (χ0) is 26.5. The number of nitrogens with zero attached hydrogens (tertiary/aromatic N) is 1. The van der Waals surface area contributed by atoms with Crippen molar-refractivity contribution < 1.29 is 23.2 Å². The molecule has 0 saturated carbocycles. The van der Waals surface area contributed by atoms with Gasteiger partial charge >= 0.3 is 8.25 Å². The van der Waals surface area contributed by atoms with E-state index in [0.717, 1.165) is 11.1 Å². The van der Waals surface area contributed by atoms with Crippen molar-refractivity contribution in [3.05, 3.63) is 93.5 Å². The lowest BCUT2D eigenvalue weighted by Gasteiger charge is -2.24. The van der Waals surface area contributed by atoms with Gasteiger partial charge in [0.2, 0.25) is 0 Å². The van der Waals surface area contributed by atoms with Gasteiger partial charge in [-0.05, 0) is 87.2 Å². The first-order chi connectivity index (χ1) is 17.8. The van der Waals surface area contributed by atoms with E-state index >= 15 is 0 Å². The number of hydrogen-bond acceptors (Lipinski definition) is 5. The van der Waals surface area contributed by atoms with Crippen molar-refractivity contribution >= 4 is 43.0 Å². The number of benzene rings is 3. The molecule has 3 aromatic rings. The van der Waals surface area contributed by atoms with Gasteiger partial charge < -0.3 is 10.2 Å². The number of hydrogen-bond donors (Lipinski definition) is 1. The Kier molecular flexibility index (Phi) is 8.72. The molecule has 0 spiro atoms. The van der Waals surface area contributed by atoms with E-state index in [1.54, 1.807) is 54.3 Å². The molecule has 4 rings (SSSR count). The summed E-state index contributed by atoms with van der Waals surface area (Å²) in [6.07, 6.45) is 0.692. The second kappa shape index (κ2) is 12.0. The first-order valence-corrected chi connectivity index (χ1v) is 13.6. The summed E-state index contributed by atoms with van der Waals surface area (Å²) in [5, 5.41) is 3.42. The molecule has 0 saturated heterocycles. The van der Waals surface area contributed by atoms with Crippen molar-refractivity contribution in [1.29, 1.82) is 0 Å². The van der Waals surface area contributed by atoms with Gasteiger partial charge in [0.1, 0.15) is 12.7 Å². The van der Waals surface area contributed by atoms with Gasteiger partial charge in [-0.1, -0.05) is 29.8 Å². The zero-order valence-corrected chi connectivity index (χ0v) is 22.6. The largest absolute Gasteiger partial charge is 0.698 e. The summed E-state index contributed by atoms with van der Waals surface area (Å²) in [5.41, 5.74) is 4.71. The fourth-order valence-corrected chi connectivity index (χ4v) is 5.33. The minimum atomic E-state index is -2.29. The summed E-state index contributed by atoms with van der Waals surface area (Å²) in [6, 6.07) is 17.9. The van der Waals surface area contributed by atoms with Crippen molar-refractivity contribution in [2.45, 2.75) is 39.7 Å². The van der Waals surface area contributed by atoms with E-state index in [1.165, 1.54) is 0 Å². The van der Waals surface area contributed by atoms with Crippen molar-refractivity contribution in [3.8, 4) is 0 Å². The molecule has 192 valence electrons. The highest BCUT2D eigenvalue weighted by molar-refractivity contribution is 7.33. The third-order valence-corrected chi connectivity index (χ3v) is 7.40. The first kappa shape index (κ1) is 27.0. The van der Waals surface area contributed by atoms with Crippen LogP contribution in [0.3, 0.4) is 0 Å². The minimum absolute atomic E-state index is 0.173. The van der Waals surface area contributed by atoms with Gasteiger partial charge in [-0.3, -0.25) is 9.59 Å². The van der Waals surface area contributed by atoms with Gasteiger partial charge in [-0.15, -0.1) is 9.05 Å². The van der Waals surface area contributed by atoms with E-state index in [9.17, 15) is 14.2 Å². The summed E-state index contributed by atoms with van der Waals surface area (Å²) in [7, 11) is -2.29. The standard InChI is InChI=1S/C28H28ClN2O5P/c1-4-35-37(34)36-26-10-7-15-31(25-14-11-20(29)17-24(25)26)28(33)23-13-12-21(16-19(23)3)30-27(32)22-9-6-5-8-18(22)2/h5-6,8-9,11-14,16-17,26H,4,7,10,15H2,1-3H3/p+1. The van der Waals surface area contributed by atoms with E-state index in [4.69, 9.17) is 20.6 Å². The third kappa shape index (κ3) is 6.25. The smallest absolute Gasteiger partial charge is 0.322 e. The van der Waals surface area contributed by atoms with Crippen LogP contribution < -0.4 is 10.2 Å². The average molecular weight is 540 g/mol. The molecule has 0 aliphatic carbocycles. The highest BCUT2D eigenvalue weighted by Gasteiger charge is 2.34. The van der Waals surface area contributed by atoms with Crippen LogP contribution in [0, 0.1) is 13.8 Å².